The molecule has 6 heteroatoms. The van der Waals surface area contributed by atoms with Crippen molar-refractivity contribution >= 4 is 28.3 Å². The summed E-state index contributed by atoms with van der Waals surface area (Å²) in [6.45, 7) is 4.37. The van der Waals surface area contributed by atoms with E-state index in [9.17, 15) is 9.59 Å². The number of benzene rings is 3. The van der Waals surface area contributed by atoms with Crippen LogP contribution in [0.2, 0.25) is 0 Å². The van der Waals surface area contributed by atoms with Gasteiger partial charge in [-0.1, -0.05) is 68.4 Å². The van der Waals surface area contributed by atoms with E-state index in [1.807, 2.05) is 36.5 Å². The first kappa shape index (κ1) is 23.0. The third-order valence-corrected chi connectivity index (χ3v) is 7.12. The Hall–Kier alpha value is -3.77. The van der Waals surface area contributed by atoms with Gasteiger partial charge < -0.3 is 4.74 Å². The molecule has 176 valence electrons. The Balaban J connectivity index is 1.27. The van der Waals surface area contributed by atoms with E-state index in [0.717, 1.165) is 22.4 Å². The van der Waals surface area contributed by atoms with E-state index >= 15 is 0 Å². The summed E-state index contributed by atoms with van der Waals surface area (Å²) in [4.78, 5) is 30.9. The van der Waals surface area contributed by atoms with Gasteiger partial charge in [-0.3, -0.25) is 10.1 Å². The molecule has 0 fully saturated rings. The second-order valence-electron chi connectivity index (χ2n) is 9.04. The number of aromatic nitrogens is 1. The van der Waals surface area contributed by atoms with Crippen molar-refractivity contribution in [3.8, 4) is 0 Å². The molecule has 1 unspecified atom stereocenters. The number of thiazole rings is 1. The predicted molar refractivity (Wildman–Crippen MR) is 138 cm³/mol. The maximum atomic E-state index is 12.9. The molecule has 4 aromatic rings. The van der Waals surface area contributed by atoms with Crippen molar-refractivity contribution in [1.29, 1.82) is 0 Å². The molecule has 1 aliphatic rings. The number of hydrogen-bond donors (Lipinski definition) is 1. The normalized spacial score (nSPS) is 14.9. The average molecular weight is 483 g/mol. The standard InChI is InChI=1S/C29H26N2O3S/c1-18(2)20-10-8-19(9-11-20)14-24-17-30-29(35-24)31-27(32)22-12-13-25-23(15-22)16-26(34-28(25)33)21-6-4-3-5-7-21/h3-13,15,17-18,26H,14,16H2,1-2H3,(H,30,31,32). The van der Waals surface area contributed by atoms with Crippen LogP contribution in [0.3, 0.4) is 0 Å². The number of cyclic esters (lactones) is 1. The summed E-state index contributed by atoms with van der Waals surface area (Å²) < 4.78 is 5.62. The molecular weight excluding hydrogens is 456 g/mol. The third-order valence-electron chi connectivity index (χ3n) is 6.21. The van der Waals surface area contributed by atoms with Crippen LogP contribution >= 0.6 is 11.3 Å². The molecule has 0 saturated carbocycles. The Labute approximate surface area is 208 Å². The number of amides is 1. The average Bonchev–Trinajstić information content (AvgIpc) is 3.31. The van der Waals surface area contributed by atoms with Crippen LogP contribution < -0.4 is 5.32 Å². The molecule has 0 spiro atoms. The lowest BCUT2D eigenvalue weighted by Crippen LogP contribution is -2.23. The predicted octanol–water partition coefficient (Wildman–Crippen LogP) is 6.56. The first-order valence-electron chi connectivity index (χ1n) is 11.7. The third kappa shape index (κ3) is 5.17. The van der Waals surface area contributed by atoms with E-state index in [4.69, 9.17) is 4.74 Å². The zero-order valence-corrected chi connectivity index (χ0v) is 20.5. The zero-order chi connectivity index (χ0) is 24.4. The van der Waals surface area contributed by atoms with Crippen LogP contribution in [-0.2, 0) is 17.6 Å². The first-order valence-corrected chi connectivity index (χ1v) is 12.5. The molecule has 1 aromatic heterocycles. The van der Waals surface area contributed by atoms with Gasteiger partial charge in [-0.05, 0) is 46.4 Å². The minimum atomic E-state index is -0.363. The maximum Gasteiger partial charge on any atom is 0.339 e. The molecular formula is C29H26N2O3S. The summed E-state index contributed by atoms with van der Waals surface area (Å²) in [5.41, 5.74) is 5.29. The Bertz CT molecular complexity index is 1360. The fourth-order valence-corrected chi connectivity index (χ4v) is 5.07. The van der Waals surface area contributed by atoms with Gasteiger partial charge in [0.15, 0.2) is 5.13 Å². The molecule has 1 N–H and O–H groups in total. The van der Waals surface area contributed by atoms with E-state index < -0.39 is 0 Å². The van der Waals surface area contributed by atoms with E-state index in [0.29, 0.717) is 28.6 Å². The molecule has 35 heavy (non-hydrogen) atoms. The number of carbonyl (C=O) groups excluding carboxylic acids is 2. The number of nitrogens with zero attached hydrogens (tertiary/aromatic N) is 1. The number of nitrogens with one attached hydrogen (secondary N) is 1. The monoisotopic (exact) mass is 482 g/mol. The molecule has 1 aliphatic heterocycles. The largest absolute Gasteiger partial charge is 0.454 e. The summed E-state index contributed by atoms with van der Waals surface area (Å²) in [7, 11) is 0. The smallest absolute Gasteiger partial charge is 0.339 e. The van der Waals surface area contributed by atoms with Crippen LogP contribution in [0.15, 0.2) is 79.0 Å². The highest BCUT2D eigenvalue weighted by atomic mass is 32.1. The van der Waals surface area contributed by atoms with E-state index in [2.05, 4.69) is 48.4 Å². The van der Waals surface area contributed by atoms with Gasteiger partial charge in [-0.2, -0.15) is 0 Å². The molecule has 1 amide bonds. The van der Waals surface area contributed by atoms with Gasteiger partial charge in [0.2, 0.25) is 0 Å². The van der Waals surface area contributed by atoms with Gasteiger partial charge >= 0.3 is 5.97 Å². The molecule has 5 nitrogen and oxygen atoms in total. The highest BCUT2D eigenvalue weighted by molar-refractivity contribution is 7.15. The molecule has 0 bridgehead atoms. The van der Waals surface area contributed by atoms with Gasteiger partial charge in [-0.15, -0.1) is 11.3 Å². The van der Waals surface area contributed by atoms with Crippen molar-refractivity contribution in [2.24, 2.45) is 0 Å². The Morgan fingerprint density at radius 3 is 2.60 bits per heavy atom. The molecule has 0 aliphatic carbocycles. The lowest BCUT2D eigenvalue weighted by atomic mass is 9.93. The van der Waals surface area contributed by atoms with E-state index in [1.165, 1.54) is 22.5 Å². The van der Waals surface area contributed by atoms with Crippen molar-refractivity contribution in [3.63, 3.8) is 0 Å². The SMILES string of the molecule is CC(C)c1ccc(Cc2cnc(NC(=O)c3ccc4c(c3)CC(c3ccccc3)OC4=O)s2)cc1. The van der Waals surface area contributed by atoms with Gasteiger partial charge in [0.1, 0.15) is 6.10 Å². The minimum absolute atomic E-state index is 0.245. The Morgan fingerprint density at radius 2 is 1.86 bits per heavy atom. The first-order chi connectivity index (χ1) is 17.0. The quantitative estimate of drug-likeness (QED) is 0.316. The van der Waals surface area contributed by atoms with Gasteiger partial charge in [0.25, 0.3) is 5.91 Å². The van der Waals surface area contributed by atoms with Crippen LogP contribution in [0, 0.1) is 0 Å². The molecule has 0 radical (unpaired) electrons. The lowest BCUT2D eigenvalue weighted by Gasteiger charge is -2.25. The Morgan fingerprint density at radius 1 is 1.09 bits per heavy atom. The summed E-state index contributed by atoms with van der Waals surface area (Å²) in [5.74, 6) is -0.101. The zero-order valence-electron chi connectivity index (χ0n) is 19.7. The minimum Gasteiger partial charge on any atom is -0.454 e. The topological polar surface area (TPSA) is 68.3 Å². The maximum absolute atomic E-state index is 12.9. The summed E-state index contributed by atoms with van der Waals surface area (Å²) in [6.07, 6.45) is 2.76. The highest BCUT2D eigenvalue weighted by Gasteiger charge is 2.28. The van der Waals surface area contributed by atoms with Crippen LogP contribution in [0.25, 0.3) is 0 Å². The summed E-state index contributed by atoms with van der Waals surface area (Å²) in [6, 6.07) is 23.4. The number of carbonyl (C=O) groups is 2. The number of ether oxygens (including phenoxy) is 1. The van der Waals surface area contributed by atoms with Crippen LogP contribution in [0.1, 0.15) is 73.7 Å². The fraction of sp³-hybridized carbons (Fsp3) is 0.207. The number of hydrogen-bond acceptors (Lipinski definition) is 5. The number of fused-ring (bicyclic) bond motifs is 1. The van der Waals surface area contributed by atoms with Crippen LogP contribution in [-0.4, -0.2) is 16.9 Å². The number of rotatable bonds is 6. The van der Waals surface area contributed by atoms with Crippen molar-refractivity contribution in [1.82, 2.24) is 4.98 Å². The van der Waals surface area contributed by atoms with Crippen LogP contribution in [0.5, 0.6) is 0 Å². The van der Waals surface area contributed by atoms with Crippen molar-refractivity contribution in [2.45, 2.75) is 38.7 Å². The highest BCUT2D eigenvalue weighted by Crippen LogP contribution is 2.31. The van der Waals surface area contributed by atoms with Crippen molar-refractivity contribution in [2.75, 3.05) is 5.32 Å². The molecule has 3 aromatic carbocycles. The van der Waals surface area contributed by atoms with E-state index in [1.54, 1.807) is 18.2 Å². The lowest BCUT2D eigenvalue weighted by molar-refractivity contribution is 0.0252. The molecule has 0 saturated heterocycles. The fourth-order valence-electron chi connectivity index (χ4n) is 4.23. The van der Waals surface area contributed by atoms with Crippen molar-refractivity contribution < 1.29 is 14.3 Å². The van der Waals surface area contributed by atoms with Crippen molar-refractivity contribution in [3.05, 3.63) is 117 Å². The molecule has 2 heterocycles. The molecule has 1 atom stereocenters. The second-order valence-corrected chi connectivity index (χ2v) is 10.2. The van der Waals surface area contributed by atoms with Crippen LogP contribution in [0.4, 0.5) is 5.13 Å². The summed E-state index contributed by atoms with van der Waals surface area (Å²) >= 11 is 1.47. The number of esters is 1. The van der Waals surface area contributed by atoms with E-state index in [-0.39, 0.29) is 18.0 Å². The summed E-state index contributed by atoms with van der Waals surface area (Å²) in [5, 5.41) is 3.46. The number of anilines is 1. The second kappa shape index (κ2) is 9.84. The van der Waals surface area contributed by atoms with Gasteiger partial charge in [0, 0.05) is 29.5 Å². The van der Waals surface area contributed by atoms with Gasteiger partial charge in [-0.25, -0.2) is 9.78 Å². The van der Waals surface area contributed by atoms with Gasteiger partial charge in [0.05, 0.1) is 5.56 Å². The Kier molecular flexibility index (Phi) is 6.47. The molecule has 5 rings (SSSR count).